The van der Waals surface area contributed by atoms with Crippen molar-refractivity contribution in [2.75, 3.05) is 6.61 Å². The average Bonchev–Trinajstić information content (AvgIpc) is 2.41. The minimum atomic E-state index is -0.197. The van der Waals surface area contributed by atoms with Crippen LogP contribution in [0.5, 0.6) is 5.75 Å². The van der Waals surface area contributed by atoms with E-state index < -0.39 is 0 Å². The molecule has 0 heterocycles. The van der Waals surface area contributed by atoms with Gasteiger partial charge in [0.05, 0.1) is 11.6 Å². The summed E-state index contributed by atoms with van der Waals surface area (Å²) in [7, 11) is 0. The van der Waals surface area contributed by atoms with Gasteiger partial charge in [0.15, 0.2) is 0 Å². The lowest BCUT2D eigenvalue weighted by Crippen LogP contribution is -2.31. The molecule has 0 saturated carbocycles. The minimum absolute atomic E-state index is 0.197. The van der Waals surface area contributed by atoms with Crippen LogP contribution in [0.1, 0.15) is 20.3 Å². The second kappa shape index (κ2) is 5.98. The molecule has 20 heavy (non-hydrogen) atoms. The standard InChI is InChI=1S/C16H18ClNOS/c1-16(2,15(18)20)9-10-19-14-8-7-13(17)11-5-3-4-6-12(11)14/h3-8H,9-10H2,1-2H3,(H2,18,20). The lowest BCUT2D eigenvalue weighted by Gasteiger charge is -2.23. The van der Waals surface area contributed by atoms with Gasteiger partial charge in [-0.1, -0.05) is 61.9 Å². The summed E-state index contributed by atoms with van der Waals surface area (Å²) in [5.74, 6) is 0.837. The third kappa shape index (κ3) is 3.22. The van der Waals surface area contributed by atoms with Crippen LogP contribution >= 0.6 is 23.8 Å². The summed E-state index contributed by atoms with van der Waals surface area (Å²) in [6.45, 7) is 4.62. The fourth-order valence-electron chi connectivity index (χ4n) is 1.90. The number of hydrogen-bond acceptors (Lipinski definition) is 2. The Hall–Kier alpha value is -1.32. The highest BCUT2D eigenvalue weighted by molar-refractivity contribution is 7.80. The van der Waals surface area contributed by atoms with Crippen molar-refractivity contribution in [1.82, 2.24) is 0 Å². The van der Waals surface area contributed by atoms with Gasteiger partial charge in [-0.3, -0.25) is 0 Å². The lowest BCUT2D eigenvalue weighted by molar-refractivity contribution is 0.273. The molecule has 2 aromatic rings. The largest absolute Gasteiger partial charge is 0.493 e. The molecule has 0 unspecified atom stereocenters. The summed E-state index contributed by atoms with van der Waals surface area (Å²) in [6.07, 6.45) is 0.777. The van der Waals surface area contributed by atoms with Gasteiger partial charge in [0, 0.05) is 21.2 Å². The van der Waals surface area contributed by atoms with Gasteiger partial charge in [0.25, 0.3) is 0 Å². The van der Waals surface area contributed by atoms with E-state index in [9.17, 15) is 0 Å². The van der Waals surface area contributed by atoms with E-state index in [1.807, 2.05) is 50.2 Å². The summed E-state index contributed by atoms with van der Waals surface area (Å²) in [4.78, 5) is 0.516. The molecule has 0 bridgehead atoms. The molecular formula is C16H18ClNOS. The third-order valence-corrected chi connectivity index (χ3v) is 4.36. The summed E-state index contributed by atoms with van der Waals surface area (Å²) in [5, 5.41) is 2.75. The fourth-order valence-corrected chi connectivity index (χ4v) is 2.23. The molecular weight excluding hydrogens is 290 g/mol. The minimum Gasteiger partial charge on any atom is -0.493 e. The van der Waals surface area contributed by atoms with Crippen LogP contribution in [0.4, 0.5) is 0 Å². The van der Waals surface area contributed by atoms with Crippen molar-refractivity contribution in [3.63, 3.8) is 0 Å². The predicted molar refractivity (Wildman–Crippen MR) is 89.6 cm³/mol. The number of ether oxygens (including phenoxy) is 1. The zero-order chi connectivity index (χ0) is 14.8. The molecule has 2 N–H and O–H groups in total. The van der Waals surface area contributed by atoms with Crippen LogP contribution in [0.15, 0.2) is 36.4 Å². The van der Waals surface area contributed by atoms with Crippen molar-refractivity contribution in [3.8, 4) is 5.75 Å². The Balaban J connectivity index is 2.15. The van der Waals surface area contributed by atoms with E-state index in [2.05, 4.69) is 0 Å². The Kier molecular flexibility index (Phi) is 4.51. The zero-order valence-electron chi connectivity index (χ0n) is 11.7. The highest BCUT2D eigenvalue weighted by Gasteiger charge is 2.21. The molecule has 0 aliphatic carbocycles. The molecule has 0 amide bonds. The van der Waals surface area contributed by atoms with Gasteiger partial charge in [-0.2, -0.15) is 0 Å². The van der Waals surface area contributed by atoms with E-state index in [0.717, 1.165) is 28.0 Å². The van der Waals surface area contributed by atoms with E-state index in [4.69, 9.17) is 34.3 Å². The lowest BCUT2D eigenvalue weighted by atomic mass is 9.90. The van der Waals surface area contributed by atoms with E-state index in [1.165, 1.54) is 0 Å². The van der Waals surface area contributed by atoms with E-state index in [1.54, 1.807) is 0 Å². The number of nitrogens with two attached hydrogens (primary N) is 1. The zero-order valence-corrected chi connectivity index (χ0v) is 13.2. The predicted octanol–water partition coefficient (Wildman–Crippen LogP) is 4.57. The van der Waals surface area contributed by atoms with E-state index in [0.29, 0.717) is 11.6 Å². The van der Waals surface area contributed by atoms with Gasteiger partial charge in [-0.15, -0.1) is 0 Å². The van der Waals surface area contributed by atoms with Gasteiger partial charge in [-0.05, 0) is 18.6 Å². The van der Waals surface area contributed by atoms with Crippen molar-refractivity contribution >= 4 is 39.6 Å². The van der Waals surface area contributed by atoms with Gasteiger partial charge in [0.2, 0.25) is 0 Å². The quantitative estimate of drug-likeness (QED) is 0.822. The van der Waals surface area contributed by atoms with Gasteiger partial charge in [0.1, 0.15) is 5.75 Å². The number of rotatable bonds is 5. The molecule has 0 aliphatic heterocycles. The SMILES string of the molecule is CC(C)(CCOc1ccc(Cl)c2ccccc12)C(N)=S. The molecule has 106 valence electrons. The molecule has 2 rings (SSSR count). The second-order valence-corrected chi connectivity index (χ2v) is 6.28. The summed E-state index contributed by atoms with van der Waals surface area (Å²) in [5.41, 5.74) is 5.52. The molecule has 0 aromatic heterocycles. The fraction of sp³-hybridized carbons (Fsp3) is 0.312. The maximum atomic E-state index is 6.19. The highest BCUT2D eigenvalue weighted by Crippen LogP contribution is 2.31. The Bertz CT molecular complexity index is 639. The van der Waals surface area contributed by atoms with Crippen LogP contribution in [0, 0.1) is 5.41 Å². The van der Waals surface area contributed by atoms with Gasteiger partial charge in [-0.25, -0.2) is 0 Å². The first-order valence-electron chi connectivity index (χ1n) is 6.52. The Morgan fingerprint density at radius 1 is 1.20 bits per heavy atom. The third-order valence-electron chi connectivity index (χ3n) is 3.48. The number of thiocarbonyl (C=S) groups is 1. The molecule has 2 nitrogen and oxygen atoms in total. The first kappa shape index (κ1) is 15.1. The van der Waals surface area contributed by atoms with Gasteiger partial charge < -0.3 is 10.5 Å². The summed E-state index contributed by atoms with van der Waals surface area (Å²) < 4.78 is 5.89. The van der Waals surface area contributed by atoms with Gasteiger partial charge >= 0.3 is 0 Å². The normalized spacial score (nSPS) is 11.6. The van der Waals surface area contributed by atoms with Crippen molar-refractivity contribution in [2.24, 2.45) is 11.1 Å². The maximum Gasteiger partial charge on any atom is 0.127 e. The summed E-state index contributed by atoms with van der Waals surface area (Å²) in [6, 6.07) is 11.7. The second-order valence-electron chi connectivity index (χ2n) is 5.44. The van der Waals surface area contributed by atoms with Crippen molar-refractivity contribution in [3.05, 3.63) is 41.4 Å². The molecule has 0 saturated heterocycles. The number of halogens is 1. The topological polar surface area (TPSA) is 35.2 Å². The molecule has 0 spiro atoms. The number of hydrogen-bond donors (Lipinski definition) is 1. The van der Waals surface area contributed by atoms with Crippen LogP contribution in [0.25, 0.3) is 10.8 Å². The van der Waals surface area contributed by atoms with Crippen LogP contribution < -0.4 is 10.5 Å². The maximum absolute atomic E-state index is 6.19. The molecule has 0 aliphatic rings. The van der Waals surface area contributed by atoms with Crippen LogP contribution in [0.3, 0.4) is 0 Å². The Labute approximate surface area is 129 Å². The van der Waals surface area contributed by atoms with Crippen molar-refractivity contribution in [1.29, 1.82) is 0 Å². The molecule has 2 aromatic carbocycles. The van der Waals surface area contributed by atoms with E-state index in [-0.39, 0.29) is 5.41 Å². The monoisotopic (exact) mass is 307 g/mol. The number of fused-ring (bicyclic) bond motifs is 1. The average molecular weight is 308 g/mol. The summed E-state index contributed by atoms with van der Waals surface area (Å²) >= 11 is 11.2. The van der Waals surface area contributed by atoms with Crippen molar-refractivity contribution in [2.45, 2.75) is 20.3 Å². The number of benzene rings is 2. The molecule has 0 atom stereocenters. The van der Waals surface area contributed by atoms with E-state index >= 15 is 0 Å². The van der Waals surface area contributed by atoms with Crippen molar-refractivity contribution < 1.29 is 4.74 Å². The molecule has 4 heteroatoms. The van der Waals surface area contributed by atoms with Crippen LogP contribution in [-0.2, 0) is 0 Å². The highest BCUT2D eigenvalue weighted by atomic mass is 35.5. The Morgan fingerprint density at radius 2 is 1.85 bits per heavy atom. The van der Waals surface area contributed by atoms with Crippen LogP contribution in [-0.4, -0.2) is 11.6 Å². The Morgan fingerprint density at radius 3 is 2.50 bits per heavy atom. The molecule has 0 fully saturated rings. The smallest absolute Gasteiger partial charge is 0.127 e. The van der Waals surface area contributed by atoms with Crippen LogP contribution in [0.2, 0.25) is 5.02 Å². The first-order chi connectivity index (χ1) is 9.42. The molecule has 0 radical (unpaired) electrons. The first-order valence-corrected chi connectivity index (χ1v) is 7.30.